The van der Waals surface area contributed by atoms with Gasteiger partial charge in [0.25, 0.3) is 5.91 Å². The zero-order chi connectivity index (χ0) is 13.9. The van der Waals surface area contributed by atoms with E-state index in [0.29, 0.717) is 5.69 Å². The molecule has 0 radical (unpaired) electrons. The highest BCUT2D eigenvalue weighted by molar-refractivity contribution is 5.94. The highest BCUT2D eigenvalue weighted by Gasteiger charge is 2.27. The van der Waals surface area contributed by atoms with Crippen molar-refractivity contribution in [2.75, 3.05) is 6.54 Å². The van der Waals surface area contributed by atoms with Crippen molar-refractivity contribution in [1.82, 2.24) is 25.5 Å². The van der Waals surface area contributed by atoms with Gasteiger partial charge in [-0.05, 0) is 28.6 Å². The molecule has 0 spiro atoms. The Morgan fingerprint density at radius 2 is 2.16 bits per heavy atom. The van der Waals surface area contributed by atoms with Crippen molar-refractivity contribution in [3.05, 3.63) is 36.2 Å². The summed E-state index contributed by atoms with van der Waals surface area (Å²) in [5, 5.41) is 12.3. The molecule has 0 aliphatic rings. The smallest absolute Gasteiger partial charge is 0.343 e. The molecular formula is C10H8F3N5O. The maximum absolute atomic E-state index is 12.0. The van der Waals surface area contributed by atoms with Crippen molar-refractivity contribution in [2.45, 2.75) is 6.18 Å². The highest BCUT2D eigenvalue weighted by Crippen LogP contribution is 2.13. The van der Waals surface area contributed by atoms with E-state index in [9.17, 15) is 18.0 Å². The predicted molar refractivity (Wildman–Crippen MR) is 57.5 cm³/mol. The predicted octanol–water partition coefficient (Wildman–Crippen LogP) is 0.954. The first-order chi connectivity index (χ1) is 8.96. The Balaban J connectivity index is 2.13. The molecule has 0 atom stereocenters. The molecule has 0 fully saturated rings. The van der Waals surface area contributed by atoms with Gasteiger partial charge in [0.2, 0.25) is 0 Å². The maximum Gasteiger partial charge on any atom is 0.405 e. The largest absolute Gasteiger partial charge is 0.405 e. The minimum absolute atomic E-state index is 0.0947. The van der Waals surface area contributed by atoms with E-state index < -0.39 is 18.6 Å². The Hall–Kier alpha value is -2.45. The summed E-state index contributed by atoms with van der Waals surface area (Å²) >= 11 is 0. The van der Waals surface area contributed by atoms with Gasteiger partial charge in [-0.25, -0.2) is 4.68 Å². The molecular weight excluding hydrogens is 263 g/mol. The number of carbonyl (C=O) groups excluding carboxylic acids is 1. The van der Waals surface area contributed by atoms with Crippen LogP contribution in [0.5, 0.6) is 0 Å². The quantitative estimate of drug-likeness (QED) is 0.902. The molecule has 0 aliphatic heterocycles. The fraction of sp³-hybridized carbons (Fsp3) is 0.200. The molecule has 100 valence electrons. The van der Waals surface area contributed by atoms with Gasteiger partial charge in [0.05, 0.1) is 5.69 Å². The number of tetrazole rings is 1. The van der Waals surface area contributed by atoms with Crippen LogP contribution in [-0.4, -0.2) is 38.8 Å². The van der Waals surface area contributed by atoms with E-state index in [2.05, 4.69) is 15.5 Å². The first kappa shape index (κ1) is 13.0. The summed E-state index contributed by atoms with van der Waals surface area (Å²) in [6.45, 7) is -1.37. The Bertz CT molecular complexity index is 567. The van der Waals surface area contributed by atoms with Crippen LogP contribution in [0.15, 0.2) is 30.6 Å². The summed E-state index contributed by atoms with van der Waals surface area (Å²) < 4.78 is 37.3. The van der Waals surface area contributed by atoms with Gasteiger partial charge in [0.15, 0.2) is 0 Å². The van der Waals surface area contributed by atoms with Gasteiger partial charge < -0.3 is 5.32 Å². The zero-order valence-corrected chi connectivity index (χ0v) is 9.42. The van der Waals surface area contributed by atoms with Gasteiger partial charge in [-0.1, -0.05) is 6.07 Å². The average molecular weight is 271 g/mol. The summed E-state index contributed by atoms with van der Waals surface area (Å²) in [6.07, 6.45) is -3.13. The number of amides is 1. The fourth-order valence-corrected chi connectivity index (χ4v) is 1.35. The number of rotatable bonds is 3. The van der Waals surface area contributed by atoms with Crippen LogP contribution in [0.2, 0.25) is 0 Å². The number of hydrogen-bond acceptors (Lipinski definition) is 4. The van der Waals surface area contributed by atoms with Crippen LogP contribution in [-0.2, 0) is 0 Å². The molecule has 2 aromatic rings. The van der Waals surface area contributed by atoms with Crippen molar-refractivity contribution in [2.24, 2.45) is 0 Å². The molecule has 9 heteroatoms. The van der Waals surface area contributed by atoms with Crippen LogP contribution in [0.25, 0.3) is 5.69 Å². The van der Waals surface area contributed by atoms with Crippen molar-refractivity contribution >= 4 is 5.91 Å². The molecule has 1 N–H and O–H groups in total. The summed E-state index contributed by atoms with van der Waals surface area (Å²) in [5.41, 5.74) is 0.571. The Morgan fingerprint density at radius 1 is 1.37 bits per heavy atom. The number of carbonyl (C=O) groups is 1. The van der Waals surface area contributed by atoms with Crippen LogP contribution >= 0.6 is 0 Å². The van der Waals surface area contributed by atoms with E-state index in [0.717, 1.165) is 0 Å². The van der Waals surface area contributed by atoms with E-state index in [1.54, 1.807) is 11.4 Å². The third-order valence-electron chi connectivity index (χ3n) is 2.17. The topological polar surface area (TPSA) is 72.7 Å². The molecule has 0 saturated carbocycles. The standard InChI is InChI=1S/C10H8F3N5O/c11-10(12,13)5-14-9(19)7-2-1-3-8(4-7)18-6-15-16-17-18/h1-4,6H,5H2,(H,14,19). The fourth-order valence-electron chi connectivity index (χ4n) is 1.35. The molecule has 0 saturated heterocycles. The van der Waals surface area contributed by atoms with Crippen LogP contribution in [0.1, 0.15) is 10.4 Å². The Kier molecular flexibility index (Phi) is 3.45. The maximum atomic E-state index is 12.0. The molecule has 1 aromatic heterocycles. The second-order valence-corrected chi connectivity index (χ2v) is 3.60. The van der Waals surface area contributed by atoms with Gasteiger partial charge in [-0.3, -0.25) is 4.79 Å². The lowest BCUT2D eigenvalue weighted by Crippen LogP contribution is -2.33. The summed E-state index contributed by atoms with van der Waals surface area (Å²) in [6, 6.07) is 5.94. The summed E-state index contributed by atoms with van der Waals surface area (Å²) in [5.74, 6) is -0.813. The molecule has 1 amide bonds. The lowest BCUT2D eigenvalue weighted by Gasteiger charge is -2.09. The minimum Gasteiger partial charge on any atom is -0.343 e. The van der Waals surface area contributed by atoms with Crippen molar-refractivity contribution < 1.29 is 18.0 Å². The van der Waals surface area contributed by atoms with Crippen LogP contribution in [0.3, 0.4) is 0 Å². The van der Waals surface area contributed by atoms with E-state index in [-0.39, 0.29) is 5.56 Å². The first-order valence-electron chi connectivity index (χ1n) is 5.14. The number of nitrogens with zero attached hydrogens (tertiary/aromatic N) is 4. The Morgan fingerprint density at radius 3 is 2.79 bits per heavy atom. The van der Waals surface area contributed by atoms with Crippen molar-refractivity contribution in [3.8, 4) is 5.69 Å². The lowest BCUT2D eigenvalue weighted by molar-refractivity contribution is -0.123. The van der Waals surface area contributed by atoms with Gasteiger partial charge >= 0.3 is 6.18 Å². The lowest BCUT2D eigenvalue weighted by atomic mass is 10.2. The molecule has 2 rings (SSSR count). The molecule has 0 aliphatic carbocycles. The van der Waals surface area contributed by atoms with Gasteiger partial charge in [0, 0.05) is 5.56 Å². The third-order valence-corrected chi connectivity index (χ3v) is 2.17. The number of halogens is 3. The van der Waals surface area contributed by atoms with Crippen LogP contribution in [0, 0.1) is 0 Å². The number of nitrogens with one attached hydrogen (secondary N) is 1. The van der Waals surface area contributed by atoms with E-state index in [1.807, 2.05) is 0 Å². The number of alkyl halides is 3. The minimum atomic E-state index is -4.44. The van der Waals surface area contributed by atoms with Gasteiger partial charge in [0.1, 0.15) is 12.9 Å². The Labute approximate surface area is 105 Å². The van der Waals surface area contributed by atoms with Crippen molar-refractivity contribution in [3.63, 3.8) is 0 Å². The number of benzene rings is 1. The van der Waals surface area contributed by atoms with Crippen LogP contribution in [0.4, 0.5) is 13.2 Å². The van der Waals surface area contributed by atoms with E-state index in [1.165, 1.54) is 29.2 Å². The van der Waals surface area contributed by atoms with E-state index >= 15 is 0 Å². The number of aromatic nitrogens is 4. The summed E-state index contributed by atoms with van der Waals surface area (Å²) in [4.78, 5) is 11.5. The third kappa shape index (κ3) is 3.50. The SMILES string of the molecule is O=C(NCC(F)(F)F)c1cccc(-n2cnnn2)c1. The normalized spacial score (nSPS) is 11.3. The molecule has 1 aromatic carbocycles. The first-order valence-corrected chi connectivity index (χ1v) is 5.14. The average Bonchev–Trinajstić information content (AvgIpc) is 2.89. The molecule has 0 unspecified atom stereocenters. The van der Waals surface area contributed by atoms with Gasteiger partial charge in [-0.2, -0.15) is 13.2 Å². The highest BCUT2D eigenvalue weighted by atomic mass is 19.4. The van der Waals surface area contributed by atoms with Crippen molar-refractivity contribution in [1.29, 1.82) is 0 Å². The van der Waals surface area contributed by atoms with Gasteiger partial charge in [-0.15, -0.1) is 5.10 Å². The molecule has 0 bridgehead atoms. The van der Waals surface area contributed by atoms with Crippen LogP contribution < -0.4 is 5.32 Å². The summed E-state index contributed by atoms with van der Waals surface area (Å²) in [7, 11) is 0. The molecule has 6 nitrogen and oxygen atoms in total. The molecule has 1 heterocycles. The monoisotopic (exact) mass is 271 g/mol. The second kappa shape index (κ2) is 5.04. The molecule has 19 heavy (non-hydrogen) atoms. The zero-order valence-electron chi connectivity index (χ0n) is 9.42. The van der Waals surface area contributed by atoms with E-state index in [4.69, 9.17) is 0 Å². The second-order valence-electron chi connectivity index (χ2n) is 3.60. The number of hydrogen-bond donors (Lipinski definition) is 1.